The molecule has 0 spiro atoms. The zero-order valence-electron chi connectivity index (χ0n) is 15.9. The van der Waals surface area contributed by atoms with E-state index < -0.39 is 0 Å². The lowest BCUT2D eigenvalue weighted by molar-refractivity contribution is 0.252. The fourth-order valence-corrected chi connectivity index (χ4v) is 3.04. The van der Waals surface area contributed by atoms with Crippen LogP contribution in [0.1, 0.15) is 11.1 Å². The van der Waals surface area contributed by atoms with Crippen molar-refractivity contribution in [3.05, 3.63) is 90.0 Å². The highest BCUT2D eigenvalue weighted by Crippen LogP contribution is 2.25. The third kappa shape index (κ3) is 4.93. The molecule has 0 aliphatic carbocycles. The number of amides is 2. The van der Waals surface area contributed by atoms with Gasteiger partial charge in [-0.1, -0.05) is 60.7 Å². The minimum Gasteiger partial charge on any atom is -0.489 e. The van der Waals surface area contributed by atoms with Crippen LogP contribution in [0.3, 0.4) is 0 Å². The molecule has 29 heavy (non-hydrogen) atoms. The first-order valence-corrected chi connectivity index (χ1v) is 9.51. The molecule has 0 aliphatic heterocycles. The molecule has 0 saturated heterocycles. The summed E-state index contributed by atoms with van der Waals surface area (Å²) >= 11 is 0. The fourth-order valence-electron chi connectivity index (χ4n) is 3.04. The summed E-state index contributed by atoms with van der Waals surface area (Å²) in [4.78, 5) is 12.2. The van der Waals surface area contributed by atoms with Crippen molar-refractivity contribution < 1.29 is 9.53 Å². The smallest absolute Gasteiger partial charge is 0.320 e. The van der Waals surface area contributed by atoms with Crippen molar-refractivity contribution >= 4 is 22.8 Å². The normalized spacial score (nSPS) is 10.6. The molecule has 3 N–H and O–H groups in total. The van der Waals surface area contributed by atoms with Crippen LogP contribution in [0.5, 0.6) is 5.75 Å². The van der Waals surface area contributed by atoms with E-state index in [2.05, 4.69) is 20.8 Å². The Morgan fingerprint density at radius 3 is 2.41 bits per heavy atom. The molecule has 1 aromatic heterocycles. The van der Waals surface area contributed by atoms with Crippen molar-refractivity contribution in [3.63, 3.8) is 0 Å². The molecule has 146 valence electrons. The number of hydrogen-bond acceptors (Lipinski definition) is 3. The van der Waals surface area contributed by atoms with Gasteiger partial charge in [-0.05, 0) is 35.7 Å². The van der Waals surface area contributed by atoms with Gasteiger partial charge in [0.25, 0.3) is 0 Å². The van der Waals surface area contributed by atoms with Gasteiger partial charge in [-0.25, -0.2) is 4.79 Å². The summed E-state index contributed by atoms with van der Waals surface area (Å²) in [7, 11) is 0. The highest BCUT2D eigenvalue weighted by atomic mass is 16.5. The monoisotopic (exact) mass is 386 g/mol. The first kappa shape index (κ1) is 18.6. The predicted octanol–water partition coefficient (Wildman–Crippen LogP) is 4.51. The van der Waals surface area contributed by atoms with Gasteiger partial charge in [-0.2, -0.15) is 5.10 Å². The molecule has 2 amide bonds. The molecule has 3 aromatic carbocycles. The van der Waals surface area contributed by atoms with E-state index >= 15 is 0 Å². The zero-order valence-corrected chi connectivity index (χ0v) is 15.9. The fraction of sp³-hybridized carbons (Fsp3) is 0.130. The van der Waals surface area contributed by atoms with Gasteiger partial charge in [0, 0.05) is 11.9 Å². The molecule has 6 nitrogen and oxygen atoms in total. The zero-order chi connectivity index (χ0) is 19.9. The second-order valence-electron chi connectivity index (χ2n) is 6.67. The van der Waals surface area contributed by atoms with Gasteiger partial charge in [-0.15, -0.1) is 0 Å². The van der Waals surface area contributed by atoms with Gasteiger partial charge in [0.2, 0.25) is 0 Å². The number of aromatic nitrogens is 2. The summed E-state index contributed by atoms with van der Waals surface area (Å²) in [5.41, 5.74) is 3.10. The SMILES string of the molecule is O=C(NCCc1ccccc1)Nc1n[nH]c2ccc(OCc3ccccc3)cc12. The Balaban J connectivity index is 1.36. The van der Waals surface area contributed by atoms with Crippen LogP contribution in [0, 0.1) is 0 Å². The summed E-state index contributed by atoms with van der Waals surface area (Å²) in [5, 5.41) is 13.6. The minimum atomic E-state index is -0.287. The molecule has 0 unspecified atom stereocenters. The number of carbonyl (C=O) groups is 1. The number of rotatable bonds is 7. The molecule has 0 atom stereocenters. The molecule has 0 fully saturated rings. The number of hydrogen-bond donors (Lipinski definition) is 3. The van der Waals surface area contributed by atoms with Gasteiger partial charge in [0.15, 0.2) is 5.82 Å². The van der Waals surface area contributed by atoms with Gasteiger partial charge >= 0.3 is 6.03 Å². The number of ether oxygens (including phenoxy) is 1. The Morgan fingerprint density at radius 1 is 0.931 bits per heavy atom. The van der Waals surface area contributed by atoms with Crippen molar-refractivity contribution in [2.24, 2.45) is 0 Å². The van der Waals surface area contributed by atoms with Crippen molar-refractivity contribution in [2.75, 3.05) is 11.9 Å². The number of carbonyl (C=O) groups excluding carboxylic acids is 1. The average molecular weight is 386 g/mol. The molecular weight excluding hydrogens is 364 g/mol. The molecule has 4 aromatic rings. The van der Waals surface area contributed by atoms with E-state index in [1.807, 2.05) is 78.9 Å². The molecule has 6 heteroatoms. The number of anilines is 1. The molecule has 0 bridgehead atoms. The van der Waals surface area contributed by atoms with Crippen LogP contribution in [-0.2, 0) is 13.0 Å². The number of aromatic amines is 1. The molecular formula is C23H22N4O2. The number of nitrogens with one attached hydrogen (secondary N) is 3. The quantitative estimate of drug-likeness (QED) is 0.437. The van der Waals surface area contributed by atoms with Crippen LogP contribution in [0.15, 0.2) is 78.9 Å². The van der Waals surface area contributed by atoms with Gasteiger partial charge in [0.1, 0.15) is 12.4 Å². The lowest BCUT2D eigenvalue weighted by atomic mass is 10.1. The summed E-state index contributed by atoms with van der Waals surface area (Å²) in [5.74, 6) is 1.19. The molecule has 0 radical (unpaired) electrons. The van der Waals surface area contributed by atoms with Crippen molar-refractivity contribution in [2.45, 2.75) is 13.0 Å². The highest BCUT2D eigenvalue weighted by molar-refractivity contribution is 5.99. The van der Waals surface area contributed by atoms with Crippen molar-refractivity contribution in [1.29, 1.82) is 0 Å². The lowest BCUT2D eigenvalue weighted by Gasteiger charge is -2.08. The summed E-state index contributed by atoms with van der Waals surface area (Å²) in [6.07, 6.45) is 0.771. The van der Waals surface area contributed by atoms with Crippen LogP contribution in [0.25, 0.3) is 10.9 Å². The number of nitrogens with zero attached hydrogens (tertiary/aromatic N) is 1. The minimum absolute atomic E-state index is 0.287. The largest absolute Gasteiger partial charge is 0.489 e. The summed E-state index contributed by atoms with van der Waals surface area (Å²) in [6.45, 7) is 1.02. The van der Waals surface area contributed by atoms with Crippen LogP contribution >= 0.6 is 0 Å². The Morgan fingerprint density at radius 2 is 1.66 bits per heavy atom. The Hall–Kier alpha value is -3.80. The van der Waals surface area contributed by atoms with Gasteiger partial charge < -0.3 is 10.1 Å². The Labute approximate surface area is 168 Å². The molecule has 4 rings (SSSR count). The highest BCUT2D eigenvalue weighted by Gasteiger charge is 2.10. The second-order valence-corrected chi connectivity index (χ2v) is 6.67. The first-order valence-electron chi connectivity index (χ1n) is 9.51. The van der Waals surface area contributed by atoms with E-state index in [1.165, 1.54) is 5.56 Å². The third-order valence-electron chi connectivity index (χ3n) is 4.56. The van der Waals surface area contributed by atoms with Gasteiger partial charge in [-0.3, -0.25) is 10.4 Å². The topological polar surface area (TPSA) is 79.0 Å². The molecule has 1 heterocycles. The van der Waals surface area contributed by atoms with E-state index in [1.54, 1.807) is 0 Å². The second kappa shape index (κ2) is 8.93. The van der Waals surface area contributed by atoms with Gasteiger partial charge in [0.05, 0.1) is 5.52 Å². The molecule has 0 saturated carbocycles. The van der Waals surface area contributed by atoms with E-state index in [4.69, 9.17) is 4.74 Å². The summed E-state index contributed by atoms with van der Waals surface area (Å²) < 4.78 is 5.87. The maximum atomic E-state index is 12.2. The maximum absolute atomic E-state index is 12.2. The number of benzene rings is 3. The van der Waals surface area contributed by atoms with Crippen LogP contribution in [-0.4, -0.2) is 22.8 Å². The Kier molecular flexibility index (Phi) is 5.71. The van der Waals surface area contributed by atoms with E-state index in [9.17, 15) is 4.79 Å². The van der Waals surface area contributed by atoms with Crippen LogP contribution in [0.2, 0.25) is 0 Å². The average Bonchev–Trinajstić information content (AvgIpc) is 3.16. The van der Waals surface area contributed by atoms with E-state index in [0.29, 0.717) is 19.0 Å². The van der Waals surface area contributed by atoms with Crippen molar-refractivity contribution in [3.8, 4) is 5.75 Å². The van der Waals surface area contributed by atoms with E-state index in [-0.39, 0.29) is 6.03 Å². The molecule has 0 aliphatic rings. The number of H-pyrrole nitrogens is 1. The maximum Gasteiger partial charge on any atom is 0.320 e. The lowest BCUT2D eigenvalue weighted by Crippen LogP contribution is -2.30. The van der Waals surface area contributed by atoms with Crippen molar-refractivity contribution in [1.82, 2.24) is 15.5 Å². The number of fused-ring (bicyclic) bond motifs is 1. The Bertz CT molecular complexity index is 1080. The summed E-state index contributed by atoms with van der Waals surface area (Å²) in [6, 6.07) is 25.4. The third-order valence-corrected chi connectivity index (χ3v) is 4.56. The van der Waals surface area contributed by atoms with Crippen LogP contribution < -0.4 is 15.4 Å². The van der Waals surface area contributed by atoms with Crippen LogP contribution in [0.4, 0.5) is 10.6 Å². The van der Waals surface area contributed by atoms with E-state index in [0.717, 1.165) is 28.6 Å². The first-order chi connectivity index (χ1) is 14.3. The standard InChI is InChI=1S/C23H22N4O2/c28-23(24-14-13-17-7-3-1-4-8-17)25-22-20-15-19(11-12-21(20)26-27-22)29-16-18-9-5-2-6-10-18/h1-12,15H,13-14,16H2,(H3,24,25,26,27,28). The predicted molar refractivity (Wildman–Crippen MR) is 114 cm³/mol. The number of urea groups is 1.